The number of morpholine rings is 1. The van der Waals surface area contributed by atoms with Crippen LogP contribution in [0, 0.1) is 0 Å². The Balaban J connectivity index is 2.06. The van der Waals surface area contributed by atoms with Crippen molar-refractivity contribution in [1.29, 1.82) is 0 Å². The second-order valence-corrected chi connectivity index (χ2v) is 8.92. The average molecular weight is 385 g/mol. The first kappa shape index (κ1) is 20.8. The molecule has 8 nitrogen and oxygen atoms in total. The number of nitrogens with one attached hydrogen (secondary N) is 2. The zero-order valence-corrected chi connectivity index (χ0v) is 16.2. The third-order valence-electron chi connectivity index (χ3n) is 4.11. The van der Waals surface area contributed by atoms with Crippen LogP contribution in [0.5, 0.6) is 0 Å². The molecule has 0 bridgehead atoms. The number of nitrogens with zero attached hydrogens (tertiary/aromatic N) is 1. The molecule has 1 atom stereocenters. The molecule has 2 rings (SSSR count). The van der Waals surface area contributed by atoms with E-state index < -0.39 is 28.6 Å². The maximum absolute atomic E-state index is 12.5. The summed E-state index contributed by atoms with van der Waals surface area (Å²) in [4.78, 5) is 12.3. The molecule has 0 radical (unpaired) electrons. The number of benzene rings is 1. The van der Waals surface area contributed by atoms with Crippen molar-refractivity contribution in [3.8, 4) is 0 Å². The van der Waals surface area contributed by atoms with Crippen LogP contribution in [0.2, 0.25) is 0 Å². The number of aliphatic hydroxyl groups is 1. The molecule has 0 aliphatic carbocycles. The molecule has 3 N–H and O–H groups in total. The Bertz CT molecular complexity index is 707. The maximum Gasteiger partial charge on any atom is 0.254 e. The van der Waals surface area contributed by atoms with Gasteiger partial charge in [-0.2, -0.15) is 4.72 Å². The van der Waals surface area contributed by atoms with Crippen LogP contribution >= 0.6 is 0 Å². The highest BCUT2D eigenvalue weighted by atomic mass is 32.2. The number of carbonyl (C=O) groups excluding carboxylic acids is 1. The molecule has 0 aromatic heterocycles. The fourth-order valence-corrected chi connectivity index (χ4v) is 3.66. The van der Waals surface area contributed by atoms with Gasteiger partial charge in [-0.25, -0.2) is 13.4 Å². The fraction of sp³-hybridized carbons (Fsp3) is 0.588. The number of carbonyl (C=O) groups is 1. The van der Waals surface area contributed by atoms with Crippen LogP contribution in [-0.2, 0) is 25.0 Å². The summed E-state index contributed by atoms with van der Waals surface area (Å²) < 4.78 is 32.5. The van der Waals surface area contributed by atoms with Crippen LogP contribution < -0.4 is 10.1 Å². The van der Waals surface area contributed by atoms with E-state index in [-0.39, 0.29) is 10.3 Å². The Morgan fingerprint density at radius 2 is 1.81 bits per heavy atom. The minimum Gasteiger partial charge on any atom is -0.394 e. The number of sulfonamides is 1. The zero-order valence-electron chi connectivity index (χ0n) is 15.4. The van der Waals surface area contributed by atoms with Gasteiger partial charge in [-0.15, -0.1) is 0 Å². The van der Waals surface area contributed by atoms with Gasteiger partial charge in [0.1, 0.15) is 6.04 Å². The van der Waals surface area contributed by atoms with Gasteiger partial charge >= 0.3 is 0 Å². The lowest BCUT2D eigenvalue weighted by atomic mass is 9.87. The molecule has 0 saturated carbocycles. The first-order valence-electron chi connectivity index (χ1n) is 8.50. The van der Waals surface area contributed by atoms with Crippen LogP contribution in [0.15, 0.2) is 29.2 Å². The number of aliphatic hydroxyl groups excluding tert-OH is 1. The normalized spacial score (nSPS) is 17.7. The van der Waals surface area contributed by atoms with Gasteiger partial charge in [0.25, 0.3) is 5.91 Å². The Morgan fingerprint density at radius 1 is 1.23 bits per heavy atom. The quantitative estimate of drug-likeness (QED) is 0.636. The molecule has 1 aromatic rings. The van der Waals surface area contributed by atoms with Gasteiger partial charge in [-0.1, -0.05) is 32.9 Å². The largest absolute Gasteiger partial charge is 0.394 e. The van der Waals surface area contributed by atoms with Crippen LogP contribution in [0.25, 0.3) is 0 Å². The van der Waals surface area contributed by atoms with E-state index in [1.54, 1.807) is 17.1 Å². The van der Waals surface area contributed by atoms with Gasteiger partial charge in [0, 0.05) is 13.1 Å². The van der Waals surface area contributed by atoms with Gasteiger partial charge in [0.2, 0.25) is 10.0 Å². The van der Waals surface area contributed by atoms with Crippen molar-refractivity contribution < 1.29 is 23.1 Å². The molecule has 26 heavy (non-hydrogen) atoms. The van der Waals surface area contributed by atoms with Crippen LogP contribution in [0.3, 0.4) is 0 Å². The van der Waals surface area contributed by atoms with Gasteiger partial charge < -0.3 is 9.84 Å². The zero-order chi connectivity index (χ0) is 19.4. The van der Waals surface area contributed by atoms with E-state index in [1.165, 1.54) is 12.1 Å². The monoisotopic (exact) mass is 385 g/mol. The Hall–Kier alpha value is -1.52. The number of rotatable bonds is 6. The SMILES string of the molecule is CC(C)(C)c1ccc(S(=O)(=O)N[C@@H](CO)C(=O)NN2CCOCC2)cc1. The van der Waals surface area contributed by atoms with Crippen molar-refractivity contribution in [2.45, 2.75) is 37.1 Å². The Labute approximate surface area is 154 Å². The van der Waals surface area contributed by atoms with E-state index in [0.29, 0.717) is 26.3 Å². The molecule has 0 spiro atoms. The Morgan fingerprint density at radius 3 is 2.31 bits per heavy atom. The number of hydrogen-bond acceptors (Lipinski definition) is 6. The number of hydrogen-bond donors (Lipinski definition) is 3. The molecule has 9 heteroatoms. The minimum atomic E-state index is -3.93. The predicted molar refractivity (Wildman–Crippen MR) is 96.9 cm³/mol. The van der Waals surface area contributed by atoms with Gasteiger partial charge in [0.15, 0.2) is 0 Å². The molecule has 0 unspecified atom stereocenters. The van der Waals surface area contributed by atoms with Gasteiger partial charge in [-0.05, 0) is 23.1 Å². The molecular formula is C17H27N3O5S. The van der Waals surface area contributed by atoms with Crippen molar-refractivity contribution in [1.82, 2.24) is 15.2 Å². The van der Waals surface area contributed by atoms with Gasteiger partial charge in [-0.3, -0.25) is 10.2 Å². The topological polar surface area (TPSA) is 108 Å². The van der Waals surface area contributed by atoms with E-state index >= 15 is 0 Å². The second-order valence-electron chi connectivity index (χ2n) is 7.21. The first-order valence-corrected chi connectivity index (χ1v) is 9.99. The van der Waals surface area contributed by atoms with Crippen molar-refractivity contribution in [3.05, 3.63) is 29.8 Å². The number of amides is 1. The highest BCUT2D eigenvalue weighted by Gasteiger charge is 2.27. The molecule has 1 aliphatic rings. The van der Waals surface area contributed by atoms with Crippen LogP contribution in [0.4, 0.5) is 0 Å². The lowest BCUT2D eigenvalue weighted by Gasteiger charge is -2.28. The molecule has 1 aliphatic heterocycles. The summed E-state index contributed by atoms with van der Waals surface area (Å²) in [5, 5.41) is 11.1. The van der Waals surface area contributed by atoms with Crippen molar-refractivity contribution >= 4 is 15.9 Å². The van der Waals surface area contributed by atoms with Gasteiger partial charge in [0.05, 0.1) is 24.7 Å². The highest BCUT2D eigenvalue weighted by molar-refractivity contribution is 7.89. The van der Waals surface area contributed by atoms with E-state index in [2.05, 4.69) is 10.1 Å². The number of ether oxygens (including phenoxy) is 1. The summed E-state index contributed by atoms with van der Waals surface area (Å²) in [6.45, 7) is 7.43. The molecule has 146 valence electrons. The van der Waals surface area contributed by atoms with Crippen molar-refractivity contribution in [2.24, 2.45) is 0 Å². The smallest absolute Gasteiger partial charge is 0.254 e. The molecule has 1 fully saturated rings. The lowest BCUT2D eigenvalue weighted by molar-refractivity contribution is -0.130. The predicted octanol–water partition coefficient (Wildman–Crippen LogP) is -0.0133. The standard InChI is InChI=1S/C17H27N3O5S/c1-17(2,3)13-4-6-14(7-5-13)26(23,24)19-15(12-21)16(22)18-20-8-10-25-11-9-20/h4-7,15,19,21H,8-12H2,1-3H3,(H,18,22)/t15-/m0/s1. The summed E-state index contributed by atoms with van der Waals surface area (Å²) in [6, 6.07) is 5.21. The molecular weight excluding hydrogens is 358 g/mol. The number of hydrazine groups is 1. The fourth-order valence-electron chi connectivity index (χ4n) is 2.47. The highest BCUT2D eigenvalue weighted by Crippen LogP contribution is 2.23. The molecule has 1 amide bonds. The van der Waals surface area contributed by atoms with E-state index in [0.717, 1.165) is 5.56 Å². The molecule has 1 saturated heterocycles. The minimum absolute atomic E-state index is 0.0446. The van der Waals surface area contributed by atoms with E-state index in [9.17, 15) is 18.3 Å². The summed E-state index contributed by atoms with van der Waals surface area (Å²) in [7, 11) is -3.93. The molecule has 1 aromatic carbocycles. The summed E-state index contributed by atoms with van der Waals surface area (Å²) in [5.41, 5.74) is 3.50. The maximum atomic E-state index is 12.5. The van der Waals surface area contributed by atoms with Crippen molar-refractivity contribution in [3.63, 3.8) is 0 Å². The van der Waals surface area contributed by atoms with E-state index in [1.807, 2.05) is 20.8 Å². The summed E-state index contributed by atoms with van der Waals surface area (Å²) in [5.74, 6) is -0.607. The second kappa shape index (κ2) is 8.45. The first-order chi connectivity index (χ1) is 12.1. The molecule has 1 heterocycles. The average Bonchev–Trinajstić information content (AvgIpc) is 2.60. The summed E-state index contributed by atoms with van der Waals surface area (Å²) >= 11 is 0. The van der Waals surface area contributed by atoms with Crippen LogP contribution in [-0.4, -0.2) is 63.4 Å². The Kier molecular flexibility index (Phi) is 6.75. The van der Waals surface area contributed by atoms with E-state index in [4.69, 9.17) is 4.74 Å². The lowest BCUT2D eigenvalue weighted by Crippen LogP contribution is -2.56. The third-order valence-corrected chi connectivity index (χ3v) is 5.59. The third kappa shape index (κ3) is 5.49. The summed E-state index contributed by atoms with van der Waals surface area (Å²) in [6.07, 6.45) is 0. The van der Waals surface area contributed by atoms with Crippen molar-refractivity contribution in [2.75, 3.05) is 32.9 Å². The van der Waals surface area contributed by atoms with Crippen LogP contribution in [0.1, 0.15) is 26.3 Å².